The lowest BCUT2D eigenvalue weighted by atomic mass is 10.1. The van der Waals surface area contributed by atoms with Crippen LogP contribution in [0.3, 0.4) is 0 Å². The van der Waals surface area contributed by atoms with Crippen molar-refractivity contribution in [1.82, 2.24) is 25.0 Å². The first-order valence-corrected chi connectivity index (χ1v) is 12.8. The number of ether oxygens (including phenoxy) is 1. The number of halogens is 1. The number of thioether (sulfide) groups is 1. The Kier molecular flexibility index (Phi) is 6.05. The van der Waals surface area contributed by atoms with Crippen molar-refractivity contribution < 1.29 is 29.9 Å². The Balaban J connectivity index is 1.54. The van der Waals surface area contributed by atoms with Crippen LogP contribution < -0.4 is 5.32 Å². The van der Waals surface area contributed by atoms with Crippen LogP contribution >= 0.6 is 11.8 Å². The van der Waals surface area contributed by atoms with Gasteiger partial charge in [0.15, 0.2) is 22.1 Å². The van der Waals surface area contributed by atoms with Crippen LogP contribution in [0, 0.1) is 12.7 Å². The van der Waals surface area contributed by atoms with Crippen LogP contribution in [0.5, 0.6) is 0 Å². The van der Waals surface area contributed by atoms with Crippen molar-refractivity contribution in [3.63, 3.8) is 0 Å². The van der Waals surface area contributed by atoms with Gasteiger partial charge in [-0.3, -0.25) is 0 Å². The number of aliphatic hydroxyl groups is 3. The maximum Gasteiger partial charge on any atom is 0.191 e. The summed E-state index contributed by atoms with van der Waals surface area (Å²) in [5.41, 5.74) is 0.604. The molecule has 2 saturated carbocycles. The Hall–Kier alpha value is -2.38. The van der Waals surface area contributed by atoms with Crippen LogP contribution in [0.1, 0.15) is 54.7 Å². The number of nitrogens with one attached hydrogen (secondary N) is 1. The number of aliphatic hydroxyl groups excluding tert-OH is 3. The summed E-state index contributed by atoms with van der Waals surface area (Å²) in [6.45, 7) is 3.28. The van der Waals surface area contributed by atoms with Crippen LogP contribution in [0.25, 0.3) is 11.2 Å². The van der Waals surface area contributed by atoms with Crippen molar-refractivity contribution in [1.29, 1.82) is 0 Å². The minimum atomic E-state index is -2.44. The highest BCUT2D eigenvalue weighted by atomic mass is 32.2. The van der Waals surface area contributed by atoms with E-state index in [4.69, 9.17) is 15.3 Å². The van der Waals surface area contributed by atoms with Gasteiger partial charge in [0, 0.05) is 28.2 Å². The first kappa shape index (κ1) is 20.7. The quantitative estimate of drug-likeness (QED) is 0.231. The van der Waals surface area contributed by atoms with Gasteiger partial charge in [0.25, 0.3) is 0 Å². The normalized spacial score (nSPS) is 34.7. The van der Waals surface area contributed by atoms with E-state index < -0.39 is 48.5 Å². The molecule has 0 unspecified atom stereocenters. The molecule has 3 aromatic rings. The van der Waals surface area contributed by atoms with Crippen LogP contribution in [0.15, 0.2) is 23.4 Å². The molecule has 2 aliphatic rings. The second-order valence-corrected chi connectivity index (χ2v) is 9.85. The molecule has 0 amide bonds. The average molecular weight is 523 g/mol. The SMILES string of the molecule is [2H]C1([2H])[C@@]([2H])(Nc2nc(SCCC)nc3c2nnn3[C@@H]2C[C@H](OCCO)[C@@H](O)[C@H]2O)[C@]1([2H])c1ccc(C)c(F)c1. The third kappa shape index (κ3) is 4.92. The summed E-state index contributed by atoms with van der Waals surface area (Å²) in [4.78, 5) is 9.02. The molecular weight excluding hydrogens is 487 g/mol. The van der Waals surface area contributed by atoms with E-state index in [2.05, 4.69) is 25.6 Å². The van der Waals surface area contributed by atoms with E-state index in [-0.39, 0.29) is 47.3 Å². The predicted molar refractivity (Wildman–Crippen MR) is 133 cm³/mol. The van der Waals surface area contributed by atoms with Crippen molar-refractivity contribution in [3.05, 3.63) is 35.1 Å². The molecule has 6 atom stereocenters. The molecule has 0 spiro atoms. The van der Waals surface area contributed by atoms with Gasteiger partial charge in [-0.25, -0.2) is 19.0 Å². The zero-order chi connectivity index (χ0) is 29.0. The maximum absolute atomic E-state index is 14.4. The summed E-state index contributed by atoms with van der Waals surface area (Å²) in [7, 11) is 0. The van der Waals surface area contributed by atoms with E-state index in [9.17, 15) is 14.6 Å². The second-order valence-electron chi connectivity index (χ2n) is 8.79. The Labute approximate surface area is 217 Å². The van der Waals surface area contributed by atoms with Crippen LogP contribution in [-0.2, 0) is 4.74 Å². The van der Waals surface area contributed by atoms with E-state index in [1.165, 1.54) is 28.6 Å². The highest BCUT2D eigenvalue weighted by molar-refractivity contribution is 7.99. The fourth-order valence-electron chi connectivity index (χ4n) is 4.23. The average Bonchev–Trinajstić information content (AvgIpc) is 3.29. The van der Waals surface area contributed by atoms with Gasteiger partial charge in [0.05, 0.1) is 26.7 Å². The molecule has 2 aromatic heterocycles. The Morgan fingerprint density at radius 3 is 2.92 bits per heavy atom. The van der Waals surface area contributed by atoms with E-state index in [0.29, 0.717) is 11.3 Å². The summed E-state index contributed by atoms with van der Waals surface area (Å²) in [5.74, 6) is -2.14. The van der Waals surface area contributed by atoms with Gasteiger partial charge in [0.1, 0.15) is 18.0 Å². The molecule has 2 heterocycles. The standard InChI is InChI=1S/C24H31FN6O4S/c1-3-8-36-24-27-22(26-16-10-14(16)13-5-4-12(2)15(25)9-13)19-23(28-24)31(30-29-19)17-11-18(35-7-6-32)21(34)20(17)33/h4-5,9,14,16-18,20-21,32-34H,3,6-8,10-11H2,1-2H3,(H,26,27,28)/t14-,16+,17+,18-,20-,21+/m0/s1/i10D2,14D,16D. The van der Waals surface area contributed by atoms with E-state index in [1.54, 1.807) is 6.92 Å². The third-order valence-corrected chi connectivity index (χ3v) is 7.27. The minimum absolute atomic E-state index is 0.00891. The van der Waals surface area contributed by atoms with Gasteiger partial charge in [-0.15, -0.1) is 5.10 Å². The van der Waals surface area contributed by atoms with Gasteiger partial charge in [0.2, 0.25) is 0 Å². The van der Waals surface area contributed by atoms with E-state index in [1.807, 2.05) is 6.92 Å². The predicted octanol–water partition coefficient (Wildman–Crippen LogP) is 2.18. The number of anilines is 1. The summed E-state index contributed by atoms with van der Waals surface area (Å²) < 4.78 is 56.1. The van der Waals surface area contributed by atoms with Crippen molar-refractivity contribution in [2.45, 2.75) is 74.5 Å². The molecule has 36 heavy (non-hydrogen) atoms. The van der Waals surface area contributed by atoms with Crippen molar-refractivity contribution >= 4 is 28.7 Å². The Morgan fingerprint density at radius 2 is 2.17 bits per heavy atom. The Bertz CT molecular complexity index is 1420. The van der Waals surface area contributed by atoms with Crippen molar-refractivity contribution in [2.24, 2.45) is 0 Å². The molecule has 4 N–H and O–H groups in total. The van der Waals surface area contributed by atoms with Gasteiger partial charge in [-0.05, 0) is 36.9 Å². The lowest BCUT2D eigenvalue weighted by Gasteiger charge is -2.17. The minimum Gasteiger partial charge on any atom is -0.394 e. The first-order valence-electron chi connectivity index (χ1n) is 13.8. The van der Waals surface area contributed by atoms with Gasteiger partial charge in [-0.1, -0.05) is 36.0 Å². The van der Waals surface area contributed by atoms with E-state index >= 15 is 0 Å². The van der Waals surface area contributed by atoms with Crippen molar-refractivity contribution in [2.75, 3.05) is 24.3 Å². The number of aryl methyl sites for hydroxylation is 1. The summed E-state index contributed by atoms with van der Waals surface area (Å²) in [6.07, 6.45) is -4.74. The van der Waals surface area contributed by atoms with Gasteiger partial charge < -0.3 is 25.4 Å². The molecule has 12 heteroatoms. The number of rotatable bonds is 10. The molecule has 194 valence electrons. The molecule has 0 saturated heterocycles. The van der Waals surface area contributed by atoms with Gasteiger partial charge in [-0.2, -0.15) is 0 Å². The molecular formula is C24H31FN6O4S. The van der Waals surface area contributed by atoms with Crippen LogP contribution in [0.2, 0.25) is 0 Å². The number of hydrogen-bond donors (Lipinski definition) is 4. The fraction of sp³-hybridized carbons (Fsp3) is 0.583. The highest BCUT2D eigenvalue weighted by Crippen LogP contribution is 2.44. The third-order valence-electron chi connectivity index (χ3n) is 6.22. The molecule has 2 fully saturated rings. The molecule has 0 radical (unpaired) electrons. The molecule has 0 bridgehead atoms. The smallest absolute Gasteiger partial charge is 0.191 e. The maximum atomic E-state index is 14.4. The number of hydrogen-bond acceptors (Lipinski definition) is 10. The highest BCUT2D eigenvalue weighted by Gasteiger charge is 2.45. The summed E-state index contributed by atoms with van der Waals surface area (Å²) in [5, 5.41) is 41.7. The number of nitrogens with zero attached hydrogens (tertiary/aromatic N) is 5. The largest absolute Gasteiger partial charge is 0.394 e. The van der Waals surface area contributed by atoms with E-state index in [0.717, 1.165) is 12.5 Å². The molecule has 5 rings (SSSR count). The summed E-state index contributed by atoms with van der Waals surface area (Å²) in [6, 6.07) is 0.930. The number of benzene rings is 1. The zero-order valence-electron chi connectivity index (χ0n) is 23.8. The molecule has 0 aliphatic heterocycles. The Morgan fingerprint density at radius 1 is 1.33 bits per heavy atom. The lowest BCUT2D eigenvalue weighted by molar-refractivity contribution is -0.0629. The first-order chi connectivity index (χ1) is 18.9. The second kappa shape index (κ2) is 10.5. The number of fused-ring (bicyclic) bond motifs is 1. The summed E-state index contributed by atoms with van der Waals surface area (Å²) >= 11 is 1.32. The molecule has 2 aliphatic carbocycles. The van der Waals surface area contributed by atoms with Crippen molar-refractivity contribution in [3.8, 4) is 0 Å². The molecule has 10 nitrogen and oxygen atoms in total. The molecule has 1 aromatic carbocycles. The fourth-order valence-corrected chi connectivity index (χ4v) is 4.92. The van der Waals surface area contributed by atoms with Gasteiger partial charge >= 0.3 is 0 Å². The number of aromatic nitrogens is 5. The topological polar surface area (TPSA) is 138 Å². The lowest BCUT2D eigenvalue weighted by Crippen LogP contribution is -2.33. The zero-order valence-corrected chi connectivity index (χ0v) is 20.7. The van der Waals surface area contributed by atoms with Crippen LogP contribution in [0.4, 0.5) is 10.2 Å². The van der Waals surface area contributed by atoms with Crippen LogP contribution in [-0.4, -0.2) is 83.6 Å². The monoisotopic (exact) mass is 522 g/mol.